The third kappa shape index (κ3) is 4.54. The molecule has 0 spiro atoms. The molecule has 0 aliphatic carbocycles. The Bertz CT molecular complexity index is 662. The van der Waals surface area contributed by atoms with Crippen LogP contribution in [-0.4, -0.2) is 21.0 Å². The Morgan fingerprint density at radius 2 is 1.95 bits per heavy atom. The Balaban J connectivity index is 3.21. The van der Waals surface area contributed by atoms with Crippen molar-refractivity contribution < 1.29 is 22.3 Å². The molecule has 1 aromatic carbocycles. The molecule has 0 saturated carbocycles. The second-order valence-electron chi connectivity index (χ2n) is 4.73. The van der Waals surface area contributed by atoms with Crippen LogP contribution in [0.3, 0.4) is 0 Å². The molecule has 0 unspecified atom stereocenters. The zero-order chi connectivity index (χ0) is 16.4. The highest BCUT2D eigenvalue weighted by atomic mass is 35.5. The Morgan fingerprint density at radius 1 is 1.38 bits per heavy atom. The number of halogens is 3. The number of nitrogens with two attached hydrogens (primary N) is 1. The maximum absolute atomic E-state index is 13.6. The number of carbonyl (C=O) groups is 1. The Labute approximate surface area is 132 Å². The number of ether oxygens (including phenoxy) is 1. The molecule has 1 rings (SSSR count). The molecule has 0 heterocycles. The number of benzene rings is 1. The average Bonchev–Trinajstić information content (AvgIpc) is 2.31. The molecule has 2 N–H and O–H groups in total. The van der Waals surface area contributed by atoms with Crippen LogP contribution >= 0.6 is 23.2 Å². The first-order valence-electron chi connectivity index (χ1n) is 5.93. The second-order valence-corrected chi connectivity index (χ2v) is 6.98. The lowest BCUT2D eigenvalue weighted by Crippen LogP contribution is -2.17. The summed E-state index contributed by atoms with van der Waals surface area (Å²) in [6.07, 6.45) is 0.599. The van der Waals surface area contributed by atoms with Crippen LogP contribution in [0.5, 0.6) is 0 Å². The van der Waals surface area contributed by atoms with Gasteiger partial charge in [-0.05, 0) is 18.4 Å². The molecular weight excluding hydrogens is 344 g/mol. The van der Waals surface area contributed by atoms with E-state index in [1.54, 1.807) is 0 Å². The first-order valence-corrected chi connectivity index (χ1v) is 8.23. The van der Waals surface area contributed by atoms with E-state index < -0.39 is 42.3 Å². The van der Waals surface area contributed by atoms with E-state index in [-0.39, 0.29) is 6.61 Å². The number of hydrogen-bond donors (Lipinski definition) is 1. The molecule has 0 amide bonds. The Hall–Kier alpha value is -0.890. The molecule has 118 valence electrons. The van der Waals surface area contributed by atoms with Gasteiger partial charge in [-0.15, -0.1) is 0 Å². The highest BCUT2D eigenvalue weighted by Gasteiger charge is 2.27. The summed E-state index contributed by atoms with van der Waals surface area (Å²) in [4.78, 5) is 11.0. The molecule has 0 aliphatic heterocycles. The largest absolute Gasteiger partial charge is 0.462 e. The maximum Gasteiger partial charge on any atom is 0.339 e. The predicted octanol–water partition coefficient (Wildman–Crippen LogP) is 2.98. The van der Waals surface area contributed by atoms with E-state index in [1.807, 2.05) is 13.8 Å². The average molecular weight is 358 g/mol. The highest BCUT2D eigenvalue weighted by molar-refractivity contribution is 7.89. The van der Waals surface area contributed by atoms with Gasteiger partial charge in [0.1, 0.15) is 10.7 Å². The minimum Gasteiger partial charge on any atom is -0.462 e. The predicted molar refractivity (Wildman–Crippen MR) is 77.5 cm³/mol. The van der Waals surface area contributed by atoms with Gasteiger partial charge in [0.15, 0.2) is 0 Å². The standard InChI is InChI=1S/C12H14Cl2FNO4S/c1-6(2)3-4-20-12(17)7-5-8(15)10(14)11(9(7)13)21(16,18)19/h5-6H,3-4H2,1-2H3,(H2,16,18,19). The van der Waals surface area contributed by atoms with Gasteiger partial charge < -0.3 is 4.74 Å². The van der Waals surface area contributed by atoms with Crippen LogP contribution in [0.15, 0.2) is 11.0 Å². The third-order valence-corrected chi connectivity index (χ3v) is 4.51. The van der Waals surface area contributed by atoms with Crippen LogP contribution in [0, 0.1) is 11.7 Å². The first kappa shape index (κ1) is 18.2. The smallest absolute Gasteiger partial charge is 0.339 e. The third-order valence-electron chi connectivity index (χ3n) is 2.55. The van der Waals surface area contributed by atoms with E-state index in [0.29, 0.717) is 12.3 Å². The van der Waals surface area contributed by atoms with E-state index >= 15 is 0 Å². The number of primary sulfonamides is 1. The van der Waals surface area contributed by atoms with Gasteiger partial charge in [-0.25, -0.2) is 22.7 Å². The van der Waals surface area contributed by atoms with Crippen molar-refractivity contribution in [3.05, 3.63) is 27.5 Å². The first-order chi connectivity index (χ1) is 9.55. The van der Waals surface area contributed by atoms with Crippen molar-refractivity contribution in [2.45, 2.75) is 25.2 Å². The zero-order valence-corrected chi connectivity index (χ0v) is 13.6. The molecule has 0 fully saturated rings. The lowest BCUT2D eigenvalue weighted by molar-refractivity contribution is 0.0487. The van der Waals surface area contributed by atoms with Crippen molar-refractivity contribution in [2.75, 3.05) is 6.61 Å². The number of sulfonamides is 1. The number of rotatable bonds is 5. The Kier molecular flexibility index (Phi) is 5.98. The molecule has 5 nitrogen and oxygen atoms in total. The van der Waals surface area contributed by atoms with Crippen LogP contribution in [0.25, 0.3) is 0 Å². The van der Waals surface area contributed by atoms with E-state index in [2.05, 4.69) is 0 Å². The second kappa shape index (κ2) is 6.91. The number of carbonyl (C=O) groups excluding carboxylic acids is 1. The van der Waals surface area contributed by atoms with Crippen molar-refractivity contribution in [1.82, 2.24) is 0 Å². The van der Waals surface area contributed by atoms with Gasteiger partial charge in [0, 0.05) is 0 Å². The van der Waals surface area contributed by atoms with E-state index in [1.165, 1.54) is 0 Å². The molecule has 0 aliphatic rings. The van der Waals surface area contributed by atoms with Gasteiger partial charge in [-0.3, -0.25) is 0 Å². The lowest BCUT2D eigenvalue weighted by atomic mass is 10.1. The summed E-state index contributed by atoms with van der Waals surface area (Å²) in [6, 6.07) is 0.719. The van der Waals surface area contributed by atoms with Gasteiger partial charge in [0.2, 0.25) is 10.0 Å². The SMILES string of the molecule is CC(C)CCOC(=O)c1cc(F)c(Cl)c(S(N)(=O)=O)c1Cl. The van der Waals surface area contributed by atoms with Crippen molar-refractivity contribution in [3.8, 4) is 0 Å². The summed E-state index contributed by atoms with van der Waals surface area (Å²) in [5.74, 6) is -1.77. The molecule has 0 bridgehead atoms. The van der Waals surface area contributed by atoms with Crippen LogP contribution in [0.2, 0.25) is 10.0 Å². The van der Waals surface area contributed by atoms with Gasteiger partial charge >= 0.3 is 5.97 Å². The van der Waals surface area contributed by atoms with Crippen molar-refractivity contribution in [2.24, 2.45) is 11.1 Å². The lowest BCUT2D eigenvalue weighted by Gasteiger charge is -2.11. The van der Waals surface area contributed by atoms with E-state index in [0.717, 1.165) is 6.07 Å². The molecule has 0 aromatic heterocycles. The summed E-state index contributed by atoms with van der Waals surface area (Å²) in [5, 5.41) is 3.60. The van der Waals surface area contributed by atoms with E-state index in [9.17, 15) is 17.6 Å². The minimum absolute atomic E-state index is 0.0990. The molecule has 9 heteroatoms. The molecule has 21 heavy (non-hydrogen) atoms. The van der Waals surface area contributed by atoms with E-state index in [4.69, 9.17) is 33.1 Å². The van der Waals surface area contributed by atoms with Crippen LogP contribution < -0.4 is 5.14 Å². The summed E-state index contributed by atoms with van der Waals surface area (Å²) >= 11 is 11.3. The molecule has 0 atom stereocenters. The molecule has 0 saturated heterocycles. The Morgan fingerprint density at radius 3 is 2.43 bits per heavy atom. The highest BCUT2D eigenvalue weighted by Crippen LogP contribution is 2.34. The number of esters is 1. The van der Waals surface area contributed by atoms with Crippen LogP contribution in [-0.2, 0) is 14.8 Å². The van der Waals surface area contributed by atoms with Crippen molar-refractivity contribution in [1.29, 1.82) is 0 Å². The van der Waals surface area contributed by atoms with Crippen LogP contribution in [0.1, 0.15) is 30.6 Å². The number of hydrogen-bond acceptors (Lipinski definition) is 4. The van der Waals surface area contributed by atoms with Crippen molar-refractivity contribution in [3.63, 3.8) is 0 Å². The van der Waals surface area contributed by atoms with Gasteiger partial charge in [0.05, 0.1) is 22.2 Å². The topological polar surface area (TPSA) is 86.5 Å². The summed E-state index contributed by atoms with van der Waals surface area (Å²) in [6.45, 7) is 3.96. The quantitative estimate of drug-likeness (QED) is 0.648. The maximum atomic E-state index is 13.6. The molecule has 1 aromatic rings. The fourth-order valence-electron chi connectivity index (χ4n) is 1.44. The monoisotopic (exact) mass is 357 g/mol. The molecule has 0 radical (unpaired) electrons. The summed E-state index contributed by atoms with van der Waals surface area (Å²) in [7, 11) is -4.39. The van der Waals surface area contributed by atoms with Crippen LogP contribution in [0.4, 0.5) is 4.39 Å². The normalized spacial score (nSPS) is 11.8. The van der Waals surface area contributed by atoms with Gasteiger partial charge in [-0.2, -0.15) is 0 Å². The van der Waals surface area contributed by atoms with Gasteiger partial charge in [-0.1, -0.05) is 37.0 Å². The summed E-state index contributed by atoms with van der Waals surface area (Å²) < 4.78 is 41.3. The summed E-state index contributed by atoms with van der Waals surface area (Å²) in [5.41, 5.74) is -0.439. The minimum atomic E-state index is -4.39. The molecular formula is C12H14Cl2FNO4S. The fraction of sp³-hybridized carbons (Fsp3) is 0.417. The fourth-order valence-corrected chi connectivity index (χ4v) is 3.22. The zero-order valence-electron chi connectivity index (χ0n) is 11.3. The van der Waals surface area contributed by atoms with Crippen molar-refractivity contribution >= 4 is 39.2 Å². The van der Waals surface area contributed by atoms with Gasteiger partial charge in [0.25, 0.3) is 0 Å².